The van der Waals surface area contributed by atoms with Crippen LogP contribution in [0.3, 0.4) is 0 Å². The summed E-state index contributed by atoms with van der Waals surface area (Å²) in [6, 6.07) is 10.3. The van der Waals surface area contributed by atoms with Crippen molar-refractivity contribution in [2.24, 2.45) is 0 Å². The zero-order valence-corrected chi connectivity index (χ0v) is 18.6. The first-order valence-electron chi connectivity index (χ1n) is 10.9. The van der Waals surface area contributed by atoms with E-state index in [1.165, 1.54) is 6.26 Å². The molecule has 2 aliphatic rings. The van der Waals surface area contributed by atoms with Crippen LogP contribution >= 0.6 is 11.6 Å². The van der Waals surface area contributed by atoms with Crippen molar-refractivity contribution >= 4 is 35.0 Å². The molecule has 1 aromatic heterocycles. The molecule has 2 fully saturated rings. The minimum Gasteiger partial charge on any atom is -0.459 e. The van der Waals surface area contributed by atoms with Gasteiger partial charge >= 0.3 is 0 Å². The third kappa shape index (κ3) is 5.07. The predicted octanol–water partition coefficient (Wildman–Crippen LogP) is 2.39. The van der Waals surface area contributed by atoms with Crippen LogP contribution < -0.4 is 10.2 Å². The van der Waals surface area contributed by atoms with E-state index in [4.69, 9.17) is 16.0 Å². The number of nitrogens with one attached hydrogen (secondary N) is 1. The minimum absolute atomic E-state index is 0.0704. The number of carbonyl (C=O) groups is 3. The summed E-state index contributed by atoms with van der Waals surface area (Å²) < 4.78 is 5.21. The summed E-state index contributed by atoms with van der Waals surface area (Å²) in [6.07, 6.45) is 3.72. The number of benzene rings is 1. The van der Waals surface area contributed by atoms with Gasteiger partial charge in [-0.3, -0.25) is 14.4 Å². The lowest BCUT2D eigenvalue weighted by atomic mass is 10.0. The summed E-state index contributed by atoms with van der Waals surface area (Å²) in [5, 5.41) is 3.44. The maximum Gasteiger partial charge on any atom is 0.290 e. The molecule has 2 aromatic rings. The number of piperazine rings is 1. The quantitative estimate of drug-likeness (QED) is 0.743. The highest BCUT2D eigenvalue weighted by molar-refractivity contribution is 6.30. The topological polar surface area (TPSA) is 86.1 Å². The van der Waals surface area contributed by atoms with E-state index < -0.39 is 6.04 Å². The molecule has 0 aliphatic carbocycles. The monoisotopic (exact) mass is 458 g/mol. The number of furan rings is 1. The second-order valence-electron chi connectivity index (χ2n) is 8.05. The minimum atomic E-state index is -0.587. The Balaban J connectivity index is 1.27. The number of likely N-dealkylation sites (tertiary alicyclic amines) is 1. The Kier molecular flexibility index (Phi) is 6.99. The van der Waals surface area contributed by atoms with Crippen LogP contribution in [0.5, 0.6) is 0 Å². The summed E-state index contributed by atoms with van der Waals surface area (Å²) in [5.41, 5.74) is 1.08. The van der Waals surface area contributed by atoms with E-state index in [-0.39, 0.29) is 30.0 Å². The van der Waals surface area contributed by atoms with Gasteiger partial charge in [0.25, 0.3) is 5.91 Å². The Hall–Kier alpha value is -3.00. The third-order valence-electron chi connectivity index (χ3n) is 6.04. The second kappa shape index (κ2) is 10.1. The molecule has 4 rings (SSSR count). The Bertz CT molecular complexity index is 939. The van der Waals surface area contributed by atoms with Gasteiger partial charge in [-0.05, 0) is 55.7 Å². The van der Waals surface area contributed by atoms with Crippen molar-refractivity contribution in [1.29, 1.82) is 0 Å². The summed E-state index contributed by atoms with van der Waals surface area (Å²) in [4.78, 5) is 43.7. The van der Waals surface area contributed by atoms with E-state index in [2.05, 4.69) is 10.2 Å². The number of hydrogen-bond donors (Lipinski definition) is 1. The van der Waals surface area contributed by atoms with Crippen LogP contribution in [-0.4, -0.2) is 72.8 Å². The highest BCUT2D eigenvalue weighted by Gasteiger charge is 2.34. The number of piperidine rings is 1. The van der Waals surface area contributed by atoms with E-state index >= 15 is 0 Å². The van der Waals surface area contributed by atoms with Gasteiger partial charge in [-0.15, -0.1) is 0 Å². The lowest BCUT2D eigenvalue weighted by molar-refractivity contribution is -0.134. The molecule has 3 heterocycles. The molecular formula is C23H27ClN4O4. The zero-order valence-electron chi connectivity index (χ0n) is 17.8. The fraction of sp³-hybridized carbons (Fsp3) is 0.435. The average molecular weight is 459 g/mol. The van der Waals surface area contributed by atoms with Crippen molar-refractivity contribution in [3.05, 3.63) is 53.4 Å². The van der Waals surface area contributed by atoms with Crippen LogP contribution in [0.2, 0.25) is 5.02 Å². The number of anilines is 1. The molecule has 2 saturated heterocycles. The second-order valence-corrected chi connectivity index (χ2v) is 8.49. The van der Waals surface area contributed by atoms with Crippen molar-refractivity contribution in [2.45, 2.75) is 25.3 Å². The summed E-state index contributed by atoms with van der Waals surface area (Å²) in [6.45, 7) is 3.04. The van der Waals surface area contributed by atoms with Crippen molar-refractivity contribution < 1.29 is 18.8 Å². The van der Waals surface area contributed by atoms with Crippen LogP contribution in [0.1, 0.15) is 29.8 Å². The lowest BCUT2D eigenvalue weighted by Crippen LogP contribution is -2.55. The van der Waals surface area contributed by atoms with Gasteiger partial charge in [-0.25, -0.2) is 0 Å². The Labute approximate surface area is 192 Å². The standard InChI is InChI=1S/C23H27ClN4O4/c24-17-6-8-18(9-7-17)26-11-13-27(14-12-26)21(29)16-25-22(30)19-4-1-2-10-28(19)23(31)20-5-3-15-32-20/h3,5-9,15,19H,1-2,4,10-14,16H2,(H,25,30). The number of rotatable bonds is 5. The molecule has 0 saturated carbocycles. The molecule has 1 unspecified atom stereocenters. The van der Waals surface area contributed by atoms with Crippen molar-refractivity contribution in [3.63, 3.8) is 0 Å². The van der Waals surface area contributed by atoms with E-state index in [1.807, 2.05) is 24.3 Å². The van der Waals surface area contributed by atoms with Gasteiger partial charge in [0.1, 0.15) is 6.04 Å². The van der Waals surface area contributed by atoms with Gasteiger partial charge in [-0.1, -0.05) is 11.6 Å². The van der Waals surface area contributed by atoms with Crippen molar-refractivity contribution in [2.75, 3.05) is 44.2 Å². The molecule has 170 valence electrons. The SMILES string of the molecule is O=C(NCC(=O)N1CCN(c2ccc(Cl)cc2)CC1)C1CCCCN1C(=O)c1ccco1. The normalized spacial score (nSPS) is 19.0. The largest absolute Gasteiger partial charge is 0.459 e. The molecule has 1 aromatic carbocycles. The van der Waals surface area contributed by atoms with Gasteiger partial charge in [-0.2, -0.15) is 0 Å². The number of carbonyl (C=O) groups excluding carboxylic acids is 3. The molecule has 9 heteroatoms. The molecule has 0 radical (unpaired) electrons. The van der Waals surface area contributed by atoms with Gasteiger partial charge in [0.05, 0.1) is 12.8 Å². The number of halogens is 1. The van der Waals surface area contributed by atoms with Crippen LogP contribution in [-0.2, 0) is 9.59 Å². The number of nitrogens with zero attached hydrogens (tertiary/aromatic N) is 3. The molecule has 1 N–H and O–H groups in total. The summed E-state index contributed by atoms with van der Waals surface area (Å²) in [7, 11) is 0. The van der Waals surface area contributed by atoms with Gasteiger partial charge < -0.3 is 24.4 Å². The molecule has 0 spiro atoms. The Morgan fingerprint density at radius 2 is 1.75 bits per heavy atom. The highest BCUT2D eigenvalue weighted by Crippen LogP contribution is 2.21. The van der Waals surface area contributed by atoms with Crippen LogP contribution in [0.4, 0.5) is 5.69 Å². The van der Waals surface area contributed by atoms with Crippen LogP contribution in [0.15, 0.2) is 47.1 Å². The highest BCUT2D eigenvalue weighted by atomic mass is 35.5. The Morgan fingerprint density at radius 1 is 1.00 bits per heavy atom. The molecule has 3 amide bonds. The predicted molar refractivity (Wildman–Crippen MR) is 121 cm³/mol. The van der Waals surface area contributed by atoms with E-state index in [0.717, 1.165) is 31.6 Å². The van der Waals surface area contributed by atoms with E-state index in [0.29, 0.717) is 31.1 Å². The fourth-order valence-corrected chi connectivity index (χ4v) is 4.37. The first-order valence-corrected chi connectivity index (χ1v) is 11.3. The molecule has 1 atom stereocenters. The molecule has 8 nitrogen and oxygen atoms in total. The van der Waals surface area contributed by atoms with Gasteiger partial charge in [0.2, 0.25) is 11.8 Å². The number of hydrogen-bond acceptors (Lipinski definition) is 5. The summed E-state index contributed by atoms with van der Waals surface area (Å²) >= 11 is 5.95. The molecule has 32 heavy (non-hydrogen) atoms. The first-order chi connectivity index (χ1) is 15.5. The van der Waals surface area contributed by atoms with E-state index in [1.54, 1.807) is 21.9 Å². The molecule has 0 bridgehead atoms. The maximum absolute atomic E-state index is 12.8. The van der Waals surface area contributed by atoms with Crippen molar-refractivity contribution in [1.82, 2.24) is 15.1 Å². The zero-order chi connectivity index (χ0) is 22.5. The lowest BCUT2D eigenvalue weighted by Gasteiger charge is -2.36. The number of amides is 3. The molecular weight excluding hydrogens is 432 g/mol. The first kappa shape index (κ1) is 22.2. The summed E-state index contributed by atoms with van der Waals surface area (Å²) in [5.74, 6) is -0.481. The third-order valence-corrected chi connectivity index (χ3v) is 6.29. The smallest absolute Gasteiger partial charge is 0.290 e. The van der Waals surface area contributed by atoms with Crippen LogP contribution in [0, 0.1) is 0 Å². The van der Waals surface area contributed by atoms with Gasteiger partial charge in [0.15, 0.2) is 5.76 Å². The average Bonchev–Trinajstić information content (AvgIpc) is 3.37. The maximum atomic E-state index is 12.8. The molecule has 2 aliphatic heterocycles. The Morgan fingerprint density at radius 3 is 2.44 bits per heavy atom. The van der Waals surface area contributed by atoms with E-state index in [9.17, 15) is 14.4 Å². The fourth-order valence-electron chi connectivity index (χ4n) is 4.25. The van der Waals surface area contributed by atoms with Gasteiger partial charge in [0, 0.05) is 43.4 Å². The van der Waals surface area contributed by atoms with Crippen LogP contribution in [0.25, 0.3) is 0 Å². The van der Waals surface area contributed by atoms with Crippen molar-refractivity contribution in [3.8, 4) is 0 Å².